The van der Waals surface area contributed by atoms with Crippen molar-refractivity contribution in [3.05, 3.63) is 22.6 Å². The number of aryl methyl sites for hydroxylation is 1. The van der Waals surface area contributed by atoms with E-state index in [2.05, 4.69) is 43.1 Å². The molecule has 2 bridgehead atoms. The standard InChI is InChI=1S/C17H25N5O/c1-17(2,3)10-22-13-5-6-14(19-15(13)20(4)16(22)23)21-9-11-7-12(21)8-18-11/h5-6,11-12,18H,7-10H2,1-4H3. The van der Waals surface area contributed by atoms with E-state index in [-0.39, 0.29) is 11.1 Å². The highest BCUT2D eigenvalue weighted by Crippen LogP contribution is 2.29. The van der Waals surface area contributed by atoms with Crippen LogP contribution in [0.3, 0.4) is 0 Å². The van der Waals surface area contributed by atoms with Crippen LogP contribution in [0.5, 0.6) is 0 Å². The van der Waals surface area contributed by atoms with Crippen molar-refractivity contribution in [2.24, 2.45) is 12.5 Å². The molecule has 0 saturated carbocycles. The van der Waals surface area contributed by atoms with Gasteiger partial charge in [-0.1, -0.05) is 20.8 Å². The van der Waals surface area contributed by atoms with E-state index in [1.165, 1.54) is 6.42 Å². The Hall–Kier alpha value is -1.82. The predicted octanol–water partition coefficient (Wildman–Crippen LogP) is 1.33. The van der Waals surface area contributed by atoms with Gasteiger partial charge in [0, 0.05) is 38.8 Å². The highest BCUT2D eigenvalue weighted by molar-refractivity contribution is 5.74. The summed E-state index contributed by atoms with van der Waals surface area (Å²) in [5, 5.41) is 3.51. The Labute approximate surface area is 136 Å². The normalized spacial score (nSPS) is 24.1. The summed E-state index contributed by atoms with van der Waals surface area (Å²) >= 11 is 0. The van der Waals surface area contributed by atoms with E-state index >= 15 is 0 Å². The molecule has 0 spiro atoms. The first-order chi connectivity index (χ1) is 10.8. The van der Waals surface area contributed by atoms with E-state index in [0.717, 1.165) is 30.1 Å². The summed E-state index contributed by atoms with van der Waals surface area (Å²) < 4.78 is 3.53. The van der Waals surface area contributed by atoms with Gasteiger partial charge in [-0.2, -0.15) is 0 Å². The summed E-state index contributed by atoms with van der Waals surface area (Å²) in [5.41, 5.74) is 1.78. The zero-order chi connectivity index (χ0) is 16.4. The number of hydrogen-bond acceptors (Lipinski definition) is 4. The number of pyridine rings is 1. The van der Waals surface area contributed by atoms with Crippen LogP contribution in [-0.2, 0) is 13.6 Å². The minimum atomic E-state index is 0.0178. The Morgan fingerprint density at radius 1 is 1.35 bits per heavy atom. The second-order valence-corrected chi connectivity index (χ2v) is 8.15. The summed E-state index contributed by atoms with van der Waals surface area (Å²) in [4.78, 5) is 19.8. The Bertz CT molecular complexity index is 813. The van der Waals surface area contributed by atoms with Crippen molar-refractivity contribution in [2.75, 3.05) is 18.0 Å². The lowest BCUT2D eigenvalue weighted by molar-refractivity contribution is 0.342. The Morgan fingerprint density at radius 2 is 2.13 bits per heavy atom. The highest BCUT2D eigenvalue weighted by Gasteiger charge is 2.38. The average Bonchev–Trinajstić information content (AvgIpc) is 3.17. The van der Waals surface area contributed by atoms with Crippen LogP contribution in [0.25, 0.3) is 11.2 Å². The molecule has 2 aromatic heterocycles. The summed E-state index contributed by atoms with van der Waals surface area (Å²) in [6, 6.07) is 5.26. The molecule has 2 fully saturated rings. The first kappa shape index (κ1) is 14.8. The number of aromatic nitrogens is 3. The summed E-state index contributed by atoms with van der Waals surface area (Å²) in [7, 11) is 1.82. The number of hydrogen-bond donors (Lipinski definition) is 1. The summed E-state index contributed by atoms with van der Waals surface area (Å²) in [5.74, 6) is 0.995. The molecule has 4 rings (SSSR count). The summed E-state index contributed by atoms with van der Waals surface area (Å²) in [6.45, 7) is 9.19. The van der Waals surface area contributed by atoms with E-state index in [1.54, 1.807) is 4.57 Å². The molecule has 2 aliphatic rings. The highest BCUT2D eigenvalue weighted by atomic mass is 16.1. The van der Waals surface area contributed by atoms with Gasteiger partial charge >= 0.3 is 5.69 Å². The van der Waals surface area contributed by atoms with Crippen LogP contribution < -0.4 is 15.9 Å². The number of nitrogens with one attached hydrogen (secondary N) is 1. The van der Waals surface area contributed by atoms with E-state index in [4.69, 9.17) is 4.98 Å². The molecule has 2 saturated heterocycles. The minimum absolute atomic E-state index is 0.0178. The lowest BCUT2D eigenvalue weighted by atomic mass is 9.97. The van der Waals surface area contributed by atoms with E-state index in [0.29, 0.717) is 18.6 Å². The third-order valence-electron chi connectivity index (χ3n) is 4.95. The van der Waals surface area contributed by atoms with Gasteiger partial charge in [-0.05, 0) is 24.0 Å². The van der Waals surface area contributed by atoms with Crippen molar-refractivity contribution in [2.45, 2.75) is 45.8 Å². The van der Waals surface area contributed by atoms with Crippen LogP contribution in [0.2, 0.25) is 0 Å². The molecular weight excluding hydrogens is 290 g/mol. The number of anilines is 1. The molecule has 0 aromatic carbocycles. The molecule has 0 amide bonds. The van der Waals surface area contributed by atoms with Gasteiger partial charge in [0.2, 0.25) is 0 Å². The van der Waals surface area contributed by atoms with E-state index < -0.39 is 0 Å². The van der Waals surface area contributed by atoms with Gasteiger partial charge in [-0.25, -0.2) is 9.78 Å². The lowest BCUT2D eigenvalue weighted by Gasteiger charge is -2.28. The van der Waals surface area contributed by atoms with Crippen LogP contribution in [0.4, 0.5) is 5.82 Å². The summed E-state index contributed by atoms with van der Waals surface area (Å²) in [6.07, 6.45) is 1.20. The molecule has 124 valence electrons. The zero-order valence-electron chi connectivity index (χ0n) is 14.3. The number of rotatable bonds is 2. The maximum absolute atomic E-state index is 12.6. The van der Waals surface area contributed by atoms with Crippen molar-refractivity contribution >= 4 is 17.0 Å². The first-order valence-corrected chi connectivity index (χ1v) is 8.40. The molecular formula is C17H25N5O. The third kappa shape index (κ3) is 2.36. The van der Waals surface area contributed by atoms with Gasteiger partial charge in [0.15, 0.2) is 5.65 Å². The van der Waals surface area contributed by atoms with Crippen LogP contribution in [0.1, 0.15) is 27.2 Å². The fourth-order valence-electron chi connectivity index (χ4n) is 3.89. The molecule has 1 N–H and O–H groups in total. The molecule has 2 atom stereocenters. The van der Waals surface area contributed by atoms with Crippen molar-refractivity contribution in [3.8, 4) is 0 Å². The lowest BCUT2D eigenvalue weighted by Crippen LogP contribution is -2.44. The molecule has 0 radical (unpaired) electrons. The van der Waals surface area contributed by atoms with Crippen LogP contribution >= 0.6 is 0 Å². The molecule has 6 nitrogen and oxygen atoms in total. The molecule has 2 aromatic rings. The molecule has 2 aliphatic heterocycles. The van der Waals surface area contributed by atoms with Crippen molar-refractivity contribution < 1.29 is 0 Å². The van der Waals surface area contributed by atoms with Gasteiger partial charge in [-0.15, -0.1) is 0 Å². The van der Waals surface area contributed by atoms with Gasteiger partial charge in [0.1, 0.15) is 5.82 Å². The second kappa shape index (κ2) is 4.84. The zero-order valence-corrected chi connectivity index (χ0v) is 14.3. The number of nitrogens with zero attached hydrogens (tertiary/aromatic N) is 4. The minimum Gasteiger partial charge on any atom is -0.351 e. The van der Waals surface area contributed by atoms with Crippen LogP contribution in [0.15, 0.2) is 16.9 Å². The quantitative estimate of drug-likeness (QED) is 0.908. The Kier molecular flexibility index (Phi) is 3.10. The Balaban J connectivity index is 1.78. The SMILES string of the molecule is Cn1c(=O)n(CC(C)(C)C)c2ccc(N3CC4CC3CN4)nc21. The van der Waals surface area contributed by atoms with Crippen molar-refractivity contribution in [3.63, 3.8) is 0 Å². The Morgan fingerprint density at radius 3 is 2.74 bits per heavy atom. The number of piperazine rings is 1. The molecule has 23 heavy (non-hydrogen) atoms. The third-order valence-corrected chi connectivity index (χ3v) is 4.95. The number of fused-ring (bicyclic) bond motifs is 3. The predicted molar refractivity (Wildman–Crippen MR) is 92.0 cm³/mol. The van der Waals surface area contributed by atoms with Crippen molar-refractivity contribution in [1.82, 2.24) is 19.4 Å². The topological polar surface area (TPSA) is 55.1 Å². The smallest absolute Gasteiger partial charge is 0.330 e. The van der Waals surface area contributed by atoms with Gasteiger partial charge in [0.25, 0.3) is 0 Å². The van der Waals surface area contributed by atoms with Gasteiger partial charge in [-0.3, -0.25) is 9.13 Å². The maximum atomic E-state index is 12.6. The van der Waals surface area contributed by atoms with Crippen LogP contribution in [0, 0.1) is 5.41 Å². The monoisotopic (exact) mass is 315 g/mol. The molecule has 6 heteroatoms. The van der Waals surface area contributed by atoms with E-state index in [1.807, 2.05) is 11.6 Å². The molecule has 0 aliphatic carbocycles. The fraction of sp³-hybridized carbons (Fsp3) is 0.647. The fourth-order valence-corrected chi connectivity index (χ4v) is 3.89. The first-order valence-electron chi connectivity index (χ1n) is 8.40. The largest absolute Gasteiger partial charge is 0.351 e. The van der Waals surface area contributed by atoms with Gasteiger partial charge in [0.05, 0.1) is 5.52 Å². The average molecular weight is 315 g/mol. The molecule has 4 heterocycles. The number of imidazole rings is 1. The van der Waals surface area contributed by atoms with Crippen LogP contribution in [-0.4, -0.2) is 39.3 Å². The van der Waals surface area contributed by atoms with Crippen molar-refractivity contribution in [1.29, 1.82) is 0 Å². The maximum Gasteiger partial charge on any atom is 0.330 e. The molecule has 2 unspecified atom stereocenters. The van der Waals surface area contributed by atoms with Gasteiger partial charge < -0.3 is 10.2 Å². The second-order valence-electron chi connectivity index (χ2n) is 8.15. The van der Waals surface area contributed by atoms with E-state index in [9.17, 15) is 4.79 Å².